The number of anilines is 1. The van der Waals surface area contributed by atoms with Gasteiger partial charge in [0, 0.05) is 13.6 Å². The van der Waals surface area contributed by atoms with Crippen molar-refractivity contribution in [1.29, 1.82) is 0 Å². The fourth-order valence-electron chi connectivity index (χ4n) is 2.29. The molecule has 1 aliphatic heterocycles. The molecule has 2 rings (SSSR count). The molecule has 0 aliphatic carbocycles. The van der Waals surface area contributed by atoms with Gasteiger partial charge in [0.15, 0.2) is 0 Å². The molecule has 2 heterocycles. The first kappa shape index (κ1) is 12.8. The summed E-state index contributed by atoms with van der Waals surface area (Å²) in [6.45, 7) is 10.3. The van der Waals surface area contributed by atoms with Gasteiger partial charge in [0.1, 0.15) is 5.01 Å². The fourth-order valence-corrected chi connectivity index (χ4v) is 3.03. The first-order valence-electron chi connectivity index (χ1n) is 6.21. The molecule has 0 amide bonds. The highest BCUT2D eigenvalue weighted by Crippen LogP contribution is 2.34. The molecule has 1 aromatic heterocycles. The van der Waals surface area contributed by atoms with Crippen LogP contribution in [-0.4, -0.2) is 35.2 Å². The molecule has 0 bridgehead atoms. The van der Waals surface area contributed by atoms with E-state index >= 15 is 0 Å². The third-order valence-electron chi connectivity index (χ3n) is 3.54. The lowest BCUT2D eigenvalue weighted by molar-refractivity contribution is 0.226. The van der Waals surface area contributed by atoms with Crippen molar-refractivity contribution in [2.45, 2.75) is 33.7 Å². The van der Waals surface area contributed by atoms with Crippen LogP contribution in [-0.2, 0) is 6.54 Å². The number of nitrogens with one attached hydrogen (secondary N) is 1. The SMILES string of the molecule is CNc1nnc(CN2CCC(C(C)(C)C)C2)s1. The first-order valence-corrected chi connectivity index (χ1v) is 7.03. The fraction of sp³-hybridized carbons (Fsp3) is 0.833. The lowest BCUT2D eigenvalue weighted by Gasteiger charge is -2.26. The summed E-state index contributed by atoms with van der Waals surface area (Å²) >= 11 is 1.65. The number of aromatic nitrogens is 2. The Balaban J connectivity index is 1.89. The van der Waals surface area contributed by atoms with E-state index in [0.717, 1.165) is 22.6 Å². The lowest BCUT2D eigenvalue weighted by atomic mass is 9.80. The Hall–Kier alpha value is -0.680. The molecular formula is C12H22N4S. The summed E-state index contributed by atoms with van der Waals surface area (Å²) in [6, 6.07) is 0. The Labute approximate surface area is 107 Å². The summed E-state index contributed by atoms with van der Waals surface area (Å²) in [5.41, 5.74) is 0.423. The molecule has 17 heavy (non-hydrogen) atoms. The van der Waals surface area contributed by atoms with Crippen LogP contribution in [0.1, 0.15) is 32.2 Å². The van der Waals surface area contributed by atoms with E-state index in [-0.39, 0.29) is 0 Å². The molecule has 96 valence electrons. The van der Waals surface area contributed by atoms with Crippen LogP contribution in [0.2, 0.25) is 0 Å². The number of hydrogen-bond donors (Lipinski definition) is 1. The Bertz CT molecular complexity index is 369. The van der Waals surface area contributed by atoms with Crippen LogP contribution < -0.4 is 5.32 Å². The van der Waals surface area contributed by atoms with Gasteiger partial charge in [0.05, 0.1) is 6.54 Å². The van der Waals surface area contributed by atoms with E-state index < -0.39 is 0 Å². The van der Waals surface area contributed by atoms with E-state index in [4.69, 9.17) is 0 Å². The van der Waals surface area contributed by atoms with Crippen LogP contribution in [0.3, 0.4) is 0 Å². The van der Waals surface area contributed by atoms with Gasteiger partial charge in [0.25, 0.3) is 0 Å². The molecule has 4 nitrogen and oxygen atoms in total. The maximum absolute atomic E-state index is 4.20. The zero-order valence-corrected chi connectivity index (χ0v) is 12.0. The number of nitrogens with zero attached hydrogens (tertiary/aromatic N) is 3. The highest BCUT2D eigenvalue weighted by molar-refractivity contribution is 7.15. The average molecular weight is 254 g/mol. The van der Waals surface area contributed by atoms with Crippen molar-refractivity contribution >= 4 is 16.5 Å². The Morgan fingerprint density at radius 1 is 1.41 bits per heavy atom. The van der Waals surface area contributed by atoms with Gasteiger partial charge in [-0.15, -0.1) is 10.2 Å². The van der Waals surface area contributed by atoms with Crippen LogP contribution >= 0.6 is 11.3 Å². The molecule has 1 saturated heterocycles. The lowest BCUT2D eigenvalue weighted by Crippen LogP contribution is -2.25. The van der Waals surface area contributed by atoms with Crippen molar-refractivity contribution < 1.29 is 0 Å². The smallest absolute Gasteiger partial charge is 0.205 e. The van der Waals surface area contributed by atoms with Crippen LogP contribution in [0.5, 0.6) is 0 Å². The molecule has 1 atom stereocenters. The second-order valence-electron chi connectivity index (χ2n) is 5.84. The van der Waals surface area contributed by atoms with E-state index in [9.17, 15) is 0 Å². The monoisotopic (exact) mass is 254 g/mol. The third-order valence-corrected chi connectivity index (χ3v) is 4.46. The van der Waals surface area contributed by atoms with Crippen LogP contribution in [0, 0.1) is 11.3 Å². The van der Waals surface area contributed by atoms with E-state index in [1.165, 1.54) is 19.5 Å². The minimum atomic E-state index is 0.423. The molecule has 1 N–H and O–H groups in total. The molecule has 0 saturated carbocycles. The second kappa shape index (κ2) is 4.90. The molecule has 1 aliphatic rings. The van der Waals surface area contributed by atoms with Crippen LogP contribution in [0.4, 0.5) is 5.13 Å². The van der Waals surface area contributed by atoms with Crippen molar-refractivity contribution in [3.05, 3.63) is 5.01 Å². The summed E-state index contributed by atoms with van der Waals surface area (Å²) < 4.78 is 0. The van der Waals surface area contributed by atoms with E-state index in [1.807, 2.05) is 7.05 Å². The maximum atomic E-state index is 4.20. The molecule has 0 radical (unpaired) electrons. The summed E-state index contributed by atoms with van der Waals surface area (Å²) in [7, 11) is 1.88. The molecular weight excluding hydrogens is 232 g/mol. The molecule has 1 unspecified atom stereocenters. The Morgan fingerprint density at radius 2 is 2.18 bits per heavy atom. The minimum Gasteiger partial charge on any atom is -0.363 e. The molecule has 0 spiro atoms. The van der Waals surface area contributed by atoms with E-state index in [0.29, 0.717) is 5.41 Å². The van der Waals surface area contributed by atoms with Crippen molar-refractivity contribution in [3.8, 4) is 0 Å². The van der Waals surface area contributed by atoms with Gasteiger partial charge in [-0.2, -0.15) is 0 Å². The zero-order valence-electron chi connectivity index (χ0n) is 11.2. The molecule has 0 aromatic carbocycles. The first-order chi connectivity index (χ1) is 7.99. The zero-order chi connectivity index (χ0) is 12.5. The maximum Gasteiger partial charge on any atom is 0.205 e. The summed E-state index contributed by atoms with van der Waals surface area (Å²) in [5, 5.41) is 13.3. The van der Waals surface area contributed by atoms with E-state index in [2.05, 4.69) is 41.2 Å². The van der Waals surface area contributed by atoms with Crippen LogP contribution in [0.15, 0.2) is 0 Å². The quantitative estimate of drug-likeness (QED) is 0.899. The highest BCUT2D eigenvalue weighted by atomic mass is 32.1. The van der Waals surface area contributed by atoms with Gasteiger partial charge in [-0.05, 0) is 24.3 Å². The second-order valence-corrected chi connectivity index (χ2v) is 6.90. The van der Waals surface area contributed by atoms with Gasteiger partial charge in [-0.1, -0.05) is 32.1 Å². The molecule has 1 fully saturated rings. The normalized spacial score (nSPS) is 22.0. The number of hydrogen-bond acceptors (Lipinski definition) is 5. The topological polar surface area (TPSA) is 41.1 Å². The van der Waals surface area contributed by atoms with Crippen molar-refractivity contribution in [1.82, 2.24) is 15.1 Å². The van der Waals surface area contributed by atoms with Crippen molar-refractivity contribution in [2.24, 2.45) is 11.3 Å². The van der Waals surface area contributed by atoms with Gasteiger partial charge >= 0.3 is 0 Å². The predicted octanol–water partition coefficient (Wildman–Crippen LogP) is 2.45. The standard InChI is InChI=1S/C12H22N4S/c1-12(2,3)9-5-6-16(7-9)8-10-14-15-11(13-4)17-10/h9H,5-8H2,1-4H3,(H,13,15). The third kappa shape index (κ3) is 3.16. The minimum absolute atomic E-state index is 0.423. The highest BCUT2D eigenvalue weighted by Gasteiger charge is 2.31. The van der Waals surface area contributed by atoms with Crippen molar-refractivity contribution in [3.63, 3.8) is 0 Å². The van der Waals surface area contributed by atoms with Crippen LogP contribution in [0.25, 0.3) is 0 Å². The van der Waals surface area contributed by atoms with Gasteiger partial charge in [-0.25, -0.2) is 0 Å². The van der Waals surface area contributed by atoms with E-state index in [1.54, 1.807) is 11.3 Å². The largest absolute Gasteiger partial charge is 0.363 e. The summed E-state index contributed by atoms with van der Waals surface area (Å²) in [5.74, 6) is 0.805. The van der Waals surface area contributed by atoms with Crippen molar-refractivity contribution in [2.75, 3.05) is 25.5 Å². The Morgan fingerprint density at radius 3 is 2.71 bits per heavy atom. The summed E-state index contributed by atoms with van der Waals surface area (Å²) in [4.78, 5) is 2.50. The average Bonchev–Trinajstić information content (AvgIpc) is 2.86. The summed E-state index contributed by atoms with van der Waals surface area (Å²) in [6.07, 6.45) is 1.31. The Kier molecular flexibility index (Phi) is 3.68. The van der Waals surface area contributed by atoms with Gasteiger partial charge in [0.2, 0.25) is 5.13 Å². The number of rotatable bonds is 3. The van der Waals surface area contributed by atoms with Gasteiger partial charge < -0.3 is 5.32 Å². The molecule has 5 heteroatoms. The molecule has 1 aromatic rings. The predicted molar refractivity (Wildman–Crippen MR) is 72.3 cm³/mol. The number of likely N-dealkylation sites (tertiary alicyclic amines) is 1. The van der Waals surface area contributed by atoms with Gasteiger partial charge in [-0.3, -0.25) is 4.90 Å².